The van der Waals surface area contributed by atoms with Gasteiger partial charge in [0, 0.05) is 23.7 Å². The predicted molar refractivity (Wildman–Crippen MR) is 92.1 cm³/mol. The molecule has 23 heavy (non-hydrogen) atoms. The van der Waals surface area contributed by atoms with Crippen LogP contribution in [0.4, 0.5) is 0 Å². The largest absolute Gasteiger partial charge is 0.348 e. The molecule has 0 spiro atoms. The summed E-state index contributed by atoms with van der Waals surface area (Å²) in [5.41, 5.74) is 3.04. The fourth-order valence-corrected chi connectivity index (χ4v) is 3.87. The van der Waals surface area contributed by atoms with Gasteiger partial charge in [0.1, 0.15) is 11.8 Å². The number of amides is 1. The van der Waals surface area contributed by atoms with Crippen molar-refractivity contribution >= 4 is 28.8 Å². The summed E-state index contributed by atoms with van der Waals surface area (Å²) in [6.07, 6.45) is 4.40. The Balaban J connectivity index is 1.63. The van der Waals surface area contributed by atoms with Crippen LogP contribution in [-0.4, -0.2) is 38.0 Å². The van der Waals surface area contributed by atoms with Gasteiger partial charge in [0.25, 0.3) is 5.91 Å². The average molecular weight is 324 g/mol. The summed E-state index contributed by atoms with van der Waals surface area (Å²) in [5.74, 6) is 2.04. The highest BCUT2D eigenvalue weighted by Crippen LogP contribution is 2.19. The Hall–Kier alpha value is -2.34. The second-order valence-electron chi connectivity index (χ2n) is 5.55. The lowest BCUT2D eigenvalue weighted by atomic mass is 10.2. The Morgan fingerprint density at radius 1 is 1.26 bits per heavy atom. The normalized spacial score (nSPS) is 17.5. The van der Waals surface area contributed by atoms with Crippen molar-refractivity contribution in [3.63, 3.8) is 0 Å². The number of aromatic nitrogens is 3. The van der Waals surface area contributed by atoms with Crippen LogP contribution in [0.15, 0.2) is 48.9 Å². The number of nitrogens with one attached hydrogen (secondary N) is 1. The van der Waals surface area contributed by atoms with E-state index in [1.807, 2.05) is 46.7 Å². The van der Waals surface area contributed by atoms with Crippen LogP contribution in [-0.2, 0) is 0 Å². The second-order valence-corrected chi connectivity index (χ2v) is 6.70. The smallest absolute Gasteiger partial charge is 0.253 e. The predicted octanol–water partition coefficient (Wildman–Crippen LogP) is 2.66. The molecule has 6 heteroatoms. The molecule has 1 atom stereocenters. The second kappa shape index (κ2) is 6.04. The molecule has 0 aliphatic carbocycles. The van der Waals surface area contributed by atoms with E-state index in [-0.39, 0.29) is 11.9 Å². The number of rotatable bonds is 3. The maximum Gasteiger partial charge on any atom is 0.253 e. The van der Waals surface area contributed by atoms with Crippen molar-refractivity contribution in [2.75, 3.05) is 11.5 Å². The number of fused-ring (bicyclic) bond motifs is 1. The molecule has 1 aliphatic heterocycles. The van der Waals surface area contributed by atoms with Gasteiger partial charge in [-0.3, -0.25) is 9.36 Å². The standard InChI is InChI=1S/C17H16N4OS/c22-17(20-13-6-7-23-10-13)12-8-15-16(18-9-12)21(11-19-15)14-4-2-1-3-5-14/h1-5,8-9,11,13H,6-7,10H2,(H,20,22). The third-order valence-electron chi connectivity index (χ3n) is 3.95. The highest BCUT2D eigenvalue weighted by molar-refractivity contribution is 7.99. The Kier molecular flexibility index (Phi) is 3.75. The number of hydrogen-bond donors (Lipinski definition) is 1. The summed E-state index contributed by atoms with van der Waals surface area (Å²) in [6.45, 7) is 0. The fraction of sp³-hybridized carbons (Fsp3) is 0.235. The zero-order valence-corrected chi connectivity index (χ0v) is 13.3. The third-order valence-corrected chi connectivity index (χ3v) is 5.11. The van der Waals surface area contributed by atoms with Gasteiger partial charge < -0.3 is 5.32 Å². The van der Waals surface area contributed by atoms with E-state index in [1.54, 1.807) is 18.6 Å². The van der Waals surface area contributed by atoms with Crippen molar-refractivity contribution in [2.45, 2.75) is 12.5 Å². The van der Waals surface area contributed by atoms with Crippen LogP contribution in [0.1, 0.15) is 16.8 Å². The molecule has 116 valence electrons. The van der Waals surface area contributed by atoms with Gasteiger partial charge in [-0.2, -0.15) is 11.8 Å². The van der Waals surface area contributed by atoms with E-state index in [0.29, 0.717) is 5.56 Å². The van der Waals surface area contributed by atoms with Gasteiger partial charge in [-0.15, -0.1) is 0 Å². The first-order valence-electron chi connectivity index (χ1n) is 7.58. The van der Waals surface area contributed by atoms with Crippen molar-refractivity contribution in [3.8, 4) is 5.69 Å². The number of benzene rings is 1. The minimum Gasteiger partial charge on any atom is -0.348 e. The molecule has 1 aromatic carbocycles. The third kappa shape index (κ3) is 2.82. The van der Waals surface area contributed by atoms with Crippen LogP contribution in [0.2, 0.25) is 0 Å². The fourth-order valence-electron chi connectivity index (χ4n) is 2.72. The number of para-hydroxylation sites is 1. The summed E-state index contributed by atoms with van der Waals surface area (Å²) < 4.78 is 1.92. The average Bonchev–Trinajstić information content (AvgIpc) is 3.24. The minimum absolute atomic E-state index is 0.0684. The van der Waals surface area contributed by atoms with Crippen LogP contribution in [0.25, 0.3) is 16.9 Å². The van der Waals surface area contributed by atoms with Crippen molar-refractivity contribution in [1.29, 1.82) is 0 Å². The van der Waals surface area contributed by atoms with E-state index < -0.39 is 0 Å². The van der Waals surface area contributed by atoms with E-state index in [2.05, 4.69) is 15.3 Å². The Morgan fingerprint density at radius 3 is 2.91 bits per heavy atom. The van der Waals surface area contributed by atoms with E-state index in [1.165, 1.54) is 0 Å². The molecule has 1 saturated heterocycles. The molecule has 3 heterocycles. The molecule has 2 aromatic heterocycles. The number of carbonyl (C=O) groups is 1. The molecule has 1 fully saturated rings. The summed E-state index contributed by atoms with van der Waals surface area (Å²) >= 11 is 1.88. The molecule has 1 aliphatic rings. The SMILES string of the molecule is O=C(NC1CCSC1)c1cnc2c(c1)ncn2-c1ccccc1. The van der Waals surface area contributed by atoms with Crippen LogP contribution in [0.5, 0.6) is 0 Å². The zero-order chi connectivity index (χ0) is 15.6. The molecule has 4 rings (SSSR count). The minimum atomic E-state index is -0.0684. The maximum atomic E-state index is 12.3. The highest BCUT2D eigenvalue weighted by atomic mass is 32.2. The molecule has 0 bridgehead atoms. The molecule has 1 amide bonds. The molecule has 1 N–H and O–H groups in total. The van der Waals surface area contributed by atoms with Gasteiger partial charge in [-0.05, 0) is 30.4 Å². The number of nitrogens with zero attached hydrogens (tertiary/aromatic N) is 3. The van der Waals surface area contributed by atoms with Crippen LogP contribution in [0.3, 0.4) is 0 Å². The van der Waals surface area contributed by atoms with E-state index >= 15 is 0 Å². The quantitative estimate of drug-likeness (QED) is 0.805. The van der Waals surface area contributed by atoms with Gasteiger partial charge in [-0.25, -0.2) is 9.97 Å². The number of hydrogen-bond acceptors (Lipinski definition) is 4. The lowest BCUT2D eigenvalue weighted by Gasteiger charge is -2.11. The molecule has 5 nitrogen and oxygen atoms in total. The number of thioether (sulfide) groups is 1. The maximum absolute atomic E-state index is 12.3. The van der Waals surface area contributed by atoms with E-state index in [4.69, 9.17) is 0 Å². The van der Waals surface area contributed by atoms with Gasteiger partial charge in [-0.1, -0.05) is 18.2 Å². The van der Waals surface area contributed by atoms with Gasteiger partial charge in [0.15, 0.2) is 5.65 Å². The highest BCUT2D eigenvalue weighted by Gasteiger charge is 2.19. The summed E-state index contributed by atoms with van der Waals surface area (Å²) in [5, 5.41) is 3.06. The summed E-state index contributed by atoms with van der Waals surface area (Å²) in [6, 6.07) is 12.0. The van der Waals surface area contributed by atoms with Crippen LogP contribution in [0, 0.1) is 0 Å². The van der Waals surface area contributed by atoms with Crippen molar-refractivity contribution in [2.24, 2.45) is 0 Å². The van der Waals surface area contributed by atoms with Crippen molar-refractivity contribution in [3.05, 3.63) is 54.5 Å². The Bertz CT molecular complexity index is 840. The molecule has 1 unspecified atom stereocenters. The van der Waals surface area contributed by atoms with Gasteiger partial charge >= 0.3 is 0 Å². The van der Waals surface area contributed by atoms with Gasteiger partial charge in [0.2, 0.25) is 0 Å². The summed E-state index contributed by atoms with van der Waals surface area (Å²) in [7, 11) is 0. The molecular formula is C17H16N4OS. The topological polar surface area (TPSA) is 59.8 Å². The lowest BCUT2D eigenvalue weighted by molar-refractivity contribution is 0.0941. The monoisotopic (exact) mass is 324 g/mol. The lowest BCUT2D eigenvalue weighted by Crippen LogP contribution is -2.34. The number of imidazole rings is 1. The first-order chi connectivity index (χ1) is 11.3. The van der Waals surface area contributed by atoms with E-state index in [9.17, 15) is 4.79 Å². The first-order valence-corrected chi connectivity index (χ1v) is 8.74. The Labute approximate surface area is 138 Å². The first kappa shape index (κ1) is 14.3. The zero-order valence-electron chi connectivity index (χ0n) is 12.5. The summed E-state index contributed by atoms with van der Waals surface area (Å²) in [4.78, 5) is 21.2. The van der Waals surface area contributed by atoms with Crippen LogP contribution >= 0.6 is 11.8 Å². The molecule has 0 radical (unpaired) electrons. The Morgan fingerprint density at radius 2 is 2.13 bits per heavy atom. The number of pyridine rings is 1. The van der Waals surface area contributed by atoms with Crippen molar-refractivity contribution in [1.82, 2.24) is 19.9 Å². The van der Waals surface area contributed by atoms with Crippen LogP contribution < -0.4 is 5.32 Å². The van der Waals surface area contributed by atoms with Gasteiger partial charge in [0.05, 0.1) is 5.56 Å². The van der Waals surface area contributed by atoms with Crippen molar-refractivity contribution < 1.29 is 4.79 Å². The molecule has 3 aromatic rings. The molecule has 0 saturated carbocycles. The number of carbonyl (C=O) groups excluding carboxylic acids is 1. The van der Waals surface area contributed by atoms with E-state index in [0.717, 1.165) is 34.8 Å². The molecular weight excluding hydrogens is 308 g/mol.